The van der Waals surface area contributed by atoms with Crippen LogP contribution in [-0.2, 0) is 16.0 Å². The van der Waals surface area contributed by atoms with Gasteiger partial charge in [-0.15, -0.1) is 0 Å². The van der Waals surface area contributed by atoms with Gasteiger partial charge in [0.25, 0.3) is 0 Å². The number of aryl methyl sites for hydroxylation is 1. The highest BCUT2D eigenvalue weighted by Gasteiger charge is 2.36. The van der Waals surface area contributed by atoms with Gasteiger partial charge in [-0.2, -0.15) is 0 Å². The lowest BCUT2D eigenvalue weighted by Gasteiger charge is -2.41. The smallest absolute Gasteiger partial charge is 0.337 e. The highest BCUT2D eigenvalue weighted by Crippen LogP contribution is 2.44. The first-order valence-corrected chi connectivity index (χ1v) is 14.9. The predicted octanol–water partition coefficient (Wildman–Crippen LogP) is 7.82. The standard InChI is InChI=1S/C33H41ClFN3O4/c1-7-33(5,6)42-30(31(39)40)28-21(2)36-19-24(29(28)38-15-13-32(3,4)14-16-38)26-18-25(34)27(20-37-26)41-17-12-22-8-10-23(35)11-9-22/h8-11,18-20,30H,7,12-17H2,1-6H3,(H,39,40)/t30-/m0/s1. The summed E-state index contributed by atoms with van der Waals surface area (Å²) in [7, 11) is 0. The number of carboxylic acids is 1. The minimum Gasteiger partial charge on any atom is -0.490 e. The molecule has 0 spiro atoms. The van der Waals surface area contributed by atoms with Crippen molar-refractivity contribution in [3.05, 3.63) is 70.4 Å². The second-order valence-electron chi connectivity index (χ2n) is 12.3. The average Bonchev–Trinajstić information content (AvgIpc) is 2.94. The van der Waals surface area contributed by atoms with E-state index in [0.717, 1.165) is 37.2 Å². The summed E-state index contributed by atoms with van der Waals surface area (Å²) in [5.41, 5.74) is 3.67. The number of pyridine rings is 2. The van der Waals surface area contributed by atoms with Crippen LogP contribution in [0.1, 0.15) is 76.8 Å². The molecule has 7 nitrogen and oxygen atoms in total. The number of aliphatic carboxylic acids is 1. The Morgan fingerprint density at radius 2 is 1.83 bits per heavy atom. The molecule has 0 bridgehead atoms. The lowest BCUT2D eigenvalue weighted by Crippen LogP contribution is -2.39. The van der Waals surface area contributed by atoms with Crippen molar-refractivity contribution in [3.8, 4) is 17.0 Å². The first-order valence-electron chi connectivity index (χ1n) is 14.5. The minimum absolute atomic E-state index is 0.195. The quantitative estimate of drug-likeness (QED) is 0.241. The van der Waals surface area contributed by atoms with Crippen molar-refractivity contribution in [1.82, 2.24) is 9.97 Å². The SMILES string of the molecule is CCC(C)(C)O[C@H](C(=O)O)c1c(C)ncc(-c2cc(Cl)c(OCCc3ccc(F)cc3)cn2)c1N1CCC(C)(C)CC1. The Bertz CT molecular complexity index is 1400. The number of halogens is 2. The Labute approximate surface area is 253 Å². The molecule has 2 aromatic heterocycles. The summed E-state index contributed by atoms with van der Waals surface area (Å²) in [6.07, 6.45) is 5.27. The maximum Gasteiger partial charge on any atom is 0.337 e. The summed E-state index contributed by atoms with van der Waals surface area (Å²) in [5.74, 6) is -0.909. The molecule has 9 heteroatoms. The highest BCUT2D eigenvalue weighted by atomic mass is 35.5. The summed E-state index contributed by atoms with van der Waals surface area (Å²) >= 11 is 6.68. The summed E-state index contributed by atoms with van der Waals surface area (Å²) < 4.78 is 25.4. The van der Waals surface area contributed by atoms with E-state index in [1.807, 2.05) is 27.7 Å². The van der Waals surface area contributed by atoms with Gasteiger partial charge in [-0.3, -0.25) is 9.97 Å². The molecule has 1 N–H and O–H groups in total. The molecule has 0 aliphatic carbocycles. The van der Waals surface area contributed by atoms with Crippen molar-refractivity contribution in [2.75, 3.05) is 24.6 Å². The zero-order chi connectivity index (χ0) is 30.7. The van der Waals surface area contributed by atoms with Crippen LogP contribution in [0.2, 0.25) is 5.02 Å². The van der Waals surface area contributed by atoms with Crippen molar-refractivity contribution in [3.63, 3.8) is 0 Å². The lowest BCUT2D eigenvalue weighted by molar-refractivity contribution is -0.162. The number of hydrogen-bond donors (Lipinski definition) is 1. The number of nitrogens with zero attached hydrogens (tertiary/aromatic N) is 3. The maximum atomic E-state index is 13.2. The molecular weight excluding hydrogens is 557 g/mol. The molecule has 4 rings (SSSR count). The number of rotatable bonds is 11. The van der Waals surface area contributed by atoms with E-state index in [2.05, 4.69) is 28.7 Å². The summed E-state index contributed by atoms with van der Waals surface area (Å²) in [6, 6.07) is 8.03. The van der Waals surface area contributed by atoms with Crippen LogP contribution in [0.4, 0.5) is 10.1 Å². The largest absolute Gasteiger partial charge is 0.490 e. The van der Waals surface area contributed by atoms with Gasteiger partial charge < -0.3 is 19.5 Å². The molecular formula is C33H41ClFN3O4. The molecule has 0 amide bonds. The summed E-state index contributed by atoms with van der Waals surface area (Å²) in [4.78, 5) is 24.3. The first kappa shape index (κ1) is 31.7. The number of benzene rings is 1. The predicted molar refractivity (Wildman–Crippen MR) is 164 cm³/mol. The summed E-state index contributed by atoms with van der Waals surface area (Å²) in [5, 5.41) is 10.8. The Morgan fingerprint density at radius 3 is 2.43 bits per heavy atom. The van der Waals surface area contributed by atoms with Gasteiger partial charge in [0.2, 0.25) is 0 Å². The van der Waals surface area contributed by atoms with E-state index in [1.165, 1.54) is 12.1 Å². The van der Waals surface area contributed by atoms with Crippen LogP contribution in [0.15, 0.2) is 42.7 Å². The fourth-order valence-electron chi connectivity index (χ4n) is 5.02. The van der Waals surface area contributed by atoms with Crippen LogP contribution in [-0.4, -0.2) is 46.3 Å². The molecule has 3 heterocycles. The first-order chi connectivity index (χ1) is 19.8. The average molecular weight is 598 g/mol. The molecule has 1 atom stereocenters. The Balaban J connectivity index is 1.72. The number of aromatic nitrogens is 2. The van der Waals surface area contributed by atoms with Crippen LogP contribution in [0.3, 0.4) is 0 Å². The van der Waals surface area contributed by atoms with E-state index in [4.69, 9.17) is 21.1 Å². The Hall–Kier alpha value is -3.23. The topological polar surface area (TPSA) is 84.8 Å². The minimum atomic E-state index is -1.21. The second-order valence-corrected chi connectivity index (χ2v) is 12.8. The van der Waals surface area contributed by atoms with E-state index in [9.17, 15) is 14.3 Å². The molecule has 42 heavy (non-hydrogen) atoms. The zero-order valence-corrected chi connectivity index (χ0v) is 26.1. The van der Waals surface area contributed by atoms with Gasteiger partial charge in [0.1, 0.15) is 5.82 Å². The molecule has 226 valence electrons. The Morgan fingerprint density at radius 1 is 1.17 bits per heavy atom. The van der Waals surface area contributed by atoms with Gasteiger partial charge >= 0.3 is 5.97 Å². The number of hydrogen-bond acceptors (Lipinski definition) is 6. The monoisotopic (exact) mass is 597 g/mol. The molecule has 1 aliphatic rings. The molecule has 1 saturated heterocycles. The van der Waals surface area contributed by atoms with E-state index >= 15 is 0 Å². The molecule has 1 aromatic carbocycles. The molecule has 3 aromatic rings. The lowest BCUT2D eigenvalue weighted by atomic mass is 9.82. The van der Waals surface area contributed by atoms with Gasteiger partial charge in [0, 0.05) is 42.5 Å². The molecule has 1 fully saturated rings. The van der Waals surface area contributed by atoms with Crippen LogP contribution in [0.5, 0.6) is 5.75 Å². The number of ether oxygens (including phenoxy) is 2. The van der Waals surface area contributed by atoms with Gasteiger partial charge in [0.05, 0.1) is 34.8 Å². The fraction of sp³-hybridized carbons (Fsp3) is 0.485. The normalized spacial score (nSPS) is 15.9. The zero-order valence-electron chi connectivity index (χ0n) is 25.3. The van der Waals surface area contributed by atoms with Crippen LogP contribution in [0, 0.1) is 18.2 Å². The van der Waals surface area contributed by atoms with Gasteiger partial charge in [-0.05, 0) is 69.2 Å². The third-order valence-electron chi connectivity index (χ3n) is 8.15. The van der Waals surface area contributed by atoms with Crippen LogP contribution < -0.4 is 9.64 Å². The van der Waals surface area contributed by atoms with Gasteiger partial charge in [-0.25, -0.2) is 9.18 Å². The van der Waals surface area contributed by atoms with Gasteiger partial charge in [-0.1, -0.05) is 44.5 Å². The maximum absolute atomic E-state index is 13.2. The van der Waals surface area contributed by atoms with Crippen molar-refractivity contribution >= 4 is 23.3 Å². The number of carboxylic acid groups (broad SMARTS) is 1. The number of piperidine rings is 1. The van der Waals surface area contributed by atoms with E-state index < -0.39 is 17.7 Å². The van der Waals surface area contributed by atoms with E-state index in [1.54, 1.807) is 30.6 Å². The Kier molecular flexibility index (Phi) is 9.78. The van der Waals surface area contributed by atoms with Crippen molar-refractivity contribution in [2.24, 2.45) is 5.41 Å². The van der Waals surface area contributed by atoms with Crippen molar-refractivity contribution < 1.29 is 23.8 Å². The highest BCUT2D eigenvalue weighted by molar-refractivity contribution is 6.32. The molecule has 0 saturated carbocycles. The number of anilines is 1. The van der Waals surface area contributed by atoms with Crippen LogP contribution >= 0.6 is 11.6 Å². The van der Waals surface area contributed by atoms with Gasteiger partial charge in [0.15, 0.2) is 11.9 Å². The van der Waals surface area contributed by atoms with E-state index in [0.29, 0.717) is 52.7 Å². The third-order valence-corrected chi connectivity index (χ3v) is 8.45. The van der Waals surface area contributed by atoms with Crippen LogP contribution in [0.25, 0.3) is 11.3 Å². The molecule has 0 unspecified atom stereocenters. The number of carbonyl (C=O) groups is 1. The third kappa shape index (κ3) is 7.58. The van der Waals surface area contributed by atoms with Crippen molar-refractivity contribution in [2.45, 2.75) is 78.9 Å². The molecule has 1 aliphatic heterocycles. The molecule has 0 radical (unpaired) electrons. The van der Waals surface area contributed by atoms with E-state index in [-0.39, 0.29) is 11.2 Å². The van der Waals surface area contributed by atoms with Crippen molar-refractivity contribution in [1.29, 1.82) is 0 Å². The summed E-state index contributed by atoms with van der Waals surface area (Å²) in [6.45, 7) is 14.0. The fourth-order valence-corrected chi connectivity index (χ4v) is 5.23. The second kappa shape index (κ2) is 13.0.